The van der Waals surface area contributed by atoms with Gasteiger partial charge < -0.3 is 10.0 Å². The van der Waals surface area contributed by atoms with Crippen molar-refractivity contribution in [2.75, 3.05) is 13.1 Å². The summed E-state index contributed by atoms with van der Waals surface area (Å²) < 4.78 is 0. The van der Waals surface area contributed by atoms with E-state index >= 15 is 0 Å². The number of hydrogen-bond donors (Lipinski definition) is 1. The Labute approximate surface area is 103 Å². The number of carbonyl (C=O) groups excluding carboxylic acids is 1. The highest BCUT2D eigenvalue weighted by atomic mass is 32.1. The SMILES string of the molecule is CC1(C(=O)O)CCN(C(=O)c2cscn2)CC1. The topological polar surface area (TPSA) is 70.5 Å². The molecule has 0 unspecified atom stereocenters. The first-order valence-electron chi connectivity index (χ1n) is 5.44. The number of amides is 1. The molecule has 2 rings (SSSR count). The number of carbonyl (C=O) groups is 2. The molecule has 2 heterocycles. The van der Waals surface area contributed by atoms with E-state index in [1.165, 1.54) is 11.3 Å². The van der Waals surface area contributed by atoms with Crippen LogP contribution in [0.3, 0.4) is 0 Å². The minimum absolute atomic E-state index is 0.0984. The van der Waals surface area contributed by atoms with E-state index in [9.17, 15) is 9.59 Å². The normalized spacial score (nSPS) is 19.0. The molecule has 0 bridgehead atoms. The molecule has 6 heteroatoms. The van der Waals surface area contributed by atoms with Crippen LogP contribution in [0.5, 0.6) is 0 Å². The lowest BCUT2D eigenvalue weighted by Gasteiger charge is -2.36. The highest BCUT2D eigenvalue weighted by molar-refractivity contribution is 7.07. The first-order chi connectivity index (χ1) is 8.03. The van der Waals surface area contributed by atoms with Gasteiger partial charge in [-0.1, -0.05) is 0 Å². The summed E-state index contributed by atoms with van der Waals surface area (Å²) in [6.07, 6.45) is 0.996. The largest absolute Gasteiger partial charge is 0.481 e. The number of thiazole rings is 1. The van der Waals surface area contributed by atoms with Crippen LogP contribution in [0, 0.1) is 5.41 Å². The molecule has 92 valence electrons. The molecule has 1 N–H and O–H groups in total. The molecule has 1 amide bonds. The quantitative estimate of drug-likeness (QED) is 0.867. The van der Waals surface area contributed by atoms with Gasteiger partial charge in [0.05, 0.1) is 10.9 Å². The summed E-state index contributed by atoms with van der Waals surface area (Å²) in [6.45, 7) is 2.71. The Bertz CT molecular complexity index is 422. The van der Waals surface area contributed by atoms with Crippen LogP contribution in [0.1, 0.15) is 30.3 Å². The zero-order valence-corrected chi connectivity index (χ0v) is 10.4. The molecule has 1 aromatic rings. The Morgan fingerprint density at radius 2 is 2.12 bits per heavy atom. The van der Waals surface area contributed by atoms with E-state index in [4.69, 9.17) is 5.11 Å². The monoisotopic (exact) mass is 254 g/mol. The van der Waals surface area contributed by atoms with Crippen LogP contribution in [0.15, 0.2) is 10.9 Å². The Morgan fingerprint density at radius 3 is 2.59 bits per heavy atom. The van der Waals surface area contributed by atoms with E-state index in [0.717, 1.165) is 0 Å². The van der Waals surface area contributed by atoms with Crippen molar-refractivity contribution in [3.8, 4) is 0 Å². The van der Waals surface area contributed by atoms with Crippen LogP contribution in [-0.4, -0.2) is 40.0 Å². The maximum absolute atomic E-state index is 12.0. The Morgan fingerprint density at radius 1 is 1.47 bits per heavy atom. The van der Waals surface area contributed by atoms with E-state index in [2.05, 4.69) is 4.98 Å². The van der Waals surface area contributed by atoms with Gasteiger partial charge in [-0.2, -0.15) is 0 Å². The highest BCUT2D eigenvalue weighted by Gasteiger charge is 2.38. The molecule has 0 spiro atoms. The Balaban J connectivity index is 2.00. The summed E-state index contributed by atoms with van der Waals surface area (Å²) in [4.78, 5) is 28.7. The van der Waals surface area contributed by atoms with E-state index in [0.29, 0.717) is 31.6 Å². The van der Waals surface area contributed by atoms with Gasteiger partial charge in [-0.25, -0.2) is 4.98 Å². The van der Waals surface area contributed by atoms with E-state index in [1.807, 2.05) is 0 Å². The molecule has 0 aliphatic carbocycles. The van der Waals surface area contributed by atoms with Gasteiger partial charge in [-0.15, -0.1) is 11.3 Å². The van der Waals surface area contributed by atoms with Crippen molar-refractivity contribution in [3.05, 3.63) is 16.6 Å². The minimum Gasteiger partial charge on any atom is -0.481 e. The molecule has 0 saturated carbocycles. The molecule has 1 aliphatic heterocycles. The highest BCUT2D eigenvalue weighted by Crippen LogP contribution is 2.31. The summed E-state index contributed by atoms with van der Waals surface area (Å²) in [5, 5.41) is 10.8. The zero-order chi connectivity index (χ0) is 12.5. The molecule has 1 fully saturated rings. The molecule has 0 atom stereocenters. The minimum atomic E-state index is -0.779. The number of piperidine rings is 1. The third kappa shape index (κ3) is 2.31. The van der Waals surface area contributed by atoms with Crippen molar-refractivity contribution in [2.45, 2.75) is 19.8 Å². The van der Waals surface area contributed by atoms with E-state index < -0.39 is 11.4 Å². The number of hydrogen-bond acceptors (Lipinski definition) is 4. The Kier molecular flexibility index (Phi) is 3.15. The number of aliphatic carboxylic acids is 1. The maximum atomic E-state index is 12.0. The lowest BCUT2D eigenvalue weighted by atomic mass is 9.80. The van der Waals surface area contributed by atoms with E-state index in [-0.39, 0.29) is 5.91 Å². The number of rotatable bonds is 2. The van der Waals surface area contributed by atoms with Gasteiger partial charge in [0.1, 0.15) is 5.69 Å². The van der Waals surface area contributed by atoms with Crippen molar-refractivity contribution in [3.63, 3.8) is 0 Å². The first-order valence-corrected chi connectivity index (χ1v) is 6.38. The van der Waals surface area contributed by atoms with Gasteiger partial charge in [0.15, 0.2) is 0 Å². The second-order valence-corrected chi connectivity index (χ2v) is 5.25. The fourth-order valence-corrected chi connectivity index (χ4v) is 2.42. The maximum Gasteiger partial charge on any atom is 0.309 e. The predicted molar refractivity (Wildman–Crippen MR) is 63.0 cm³/mol. The van der Waals surface area contributed by atoms with Crippen LogP contribution in [0.2, 0.25) is 0 Å². The second kappa shape index (κ2) is 4.44. The van der Waals surface area contributed by atoms with Crippen LogP contribution >= 0.6 is 11.3 Å². The summed E-state index contributed by atoms with van der Waals surface area (Å²) in [7, 11) is 0. The molecule has 0 aromatic carbocycles. The van der Waals surface area contributed by atoms with Gasteiger partial charge in [-0.3, -0.25) is 9.59 Å². The fraction of sp³-hybridized carbons (Fsp3) is 0.545. The van der Waals surface area contributed by atoms with Crippen LogP contribution < -0.4 is 0 Å². The lowest BCUT2D eigenvalue weighted by molar-refractivity contribution is -0.150. The van der Waals surface area contributed by atoms with Crippen molar-refractivity contribution >= 4 is 23.2 Å². The molecule has 1 saturated heterocycles. The van der Waals surface area contributed by atoms with Crippen LogP contribution in [-0.2, 0) is 4.79 Å². The second-order valence-electron chi connectivity index (χ2n) is 4.53. The molecule has 5 nitrogen and oxygen atoms in total. The fourth-order valence-electron chi connectivity index (χ4n) is 1.90. The van der Waals surface area contributed by atoms with Crippen LogP contribution in [0.25, 0.3) is 0 Å². The average Bonchev–Trinajstić information content (AvgIpc) is 2.82. The molecular formula is C11H14N2O3S. The smallest absolute Gasteiger partial charge is 0.309 e. The van der Waals surface area contributed by atoms with Gasteiger partial charge >= 0.3 is 5.97 Å². The van der Waals surface area contributed by atoms with E-state index in [1.54, 1.807) is 22.7 Å². The number of nitrogens with zero attached hydrogens (tertiary/aromatic N) is 2. The van der Waals surface area contributed by atoms with Crippen molar-refractivity contribution in [1.29, 1.82) is 0 Å². The molecular weight excluding hydrogens is 240 g/mol. The van der Waals surface area contributed by atoms with Gasteiger partial charge in [0.25, 0.3) is 5.91 Å². The number of carboxylic acids is 1. The summed E-state index contributed by atoms with van der Waals surface area (Å²) in [6, 6.07) is 0. The summed E-state index contributed by atoms with van der Waals surface area (Å²) >= 11 is 1.38. The average molecular weight is 254 g/mol. The van der Waals surface area contributed by atoms with Crippen molar-refractivity contribution in [2.24, 2.45) is 5.41 Å². The Hall–Kier alpha value is -1.43. The summed E-state index contributed by atoms with van der Waals surface area (Å²) in [5.74, 6) is -0.878. The first kappa shape index (κ1) is 12.0. The lowest BCUT2D eigenvalue weighted by Crippen LogP contribution is -2.45. The molecule has 17 heavy (non-hydrogen) atoms. The number of carboxylic acid groups (broad SMARTS) is 1. The standard InChI is InChI=1S/C11H14N2O3S/c1-11(10(15)16)2-4-13(5-3-11)9(14)8-6-17-7-12-8/h6-7H,2-5H2,1H3,(H,15,16). The third-order valence-electron chi connectivity index (χ3n) is 3.32. The number of likely N-dealkylation sites (tertiary alicyclic amines) is 1. The van der Waals surface area contributed by atoms with Crippen molar-refractivity contribution < 1.29 is 14.7 Å². The zero-order valence-electron chi connectivity index (χ0n) is 9.55. The van der Waals surface area contributed by atoms with Crippen LogP contribution in [0.4, 0.5) is 0 Å². The molecule has 0 radical (unpaired) electrons. The predicted octanol–water partition coefficient (Wildman–Crippen LogP) is 1.47. The molecule has 1 aliphatic rings. The van der Waals surface area contributed by atoms with Gasteiger partial charge in [0, 0.05) is 18.5 Å². The number of aromatic nitrogens is 1. The molecule has 1 aromatic heterocycles. The summed E-state index contributed by atoms with van der Waals surface area (Å²) in [5.41, 5.74) is 1.38. The third-order valence-corrected chi connectivity index (χ3v) is 3.91. The van der Waals surface area contributed by atoms with Gasteiger partial charge in [0.2, 0.25) is 0 Å². The van der Waals surface area contributed by atoms with Crippen molar-refractivity contribution in [1.82, 2.24) is 9.88 Å². The van der Waals surface area contributed by atoms with Gasteiger partial charge in [-0.05, 0) is 19.8 Å².